The fourth-order valence-electron chi connectivity index (χ4n) is 3.32. The smallest absolute Gasteiger partial charge is 0.331 e. The van der Waals surface area contributed by atoms with Crippen molar-refractivity contribution in [3.8, 4) is 0 Å². The van der Waals surface area contributed by atoms with Gasteiger partial charge in [0.25, 0.3) is 5.56 Å². The van der Waals surface area contributed by atoms with Crippen molar-refractivity contribution in [2.75, 3.05) is 5.75 Å². The summed E-state index contributed by atoms with van der Waals surface area (Å²) in [5, 5.41) is 8.15. The number of hydrogen-bond donors (Lipinski definition) is 0. The molecule has 4 rings (SSSR count). The van der Waals surface area contributed by atoms with Gasteiger partial charge >= 0.3 is 5.97 Å². The molecule has 1 aromatic carbocycles. The monoisotopic (exact) mass is 360 g/mol. The molecule has 9 heteroatoms. The Balaban J connectivity index is 1.50. The van der Waals surface area contributed by atoms with Gasteiger partial charge < -0.3 is 9.64 Å². The molecule has 1 amide bonds. The molecule has 2 aromatic rings. The second kappa shape index (κ2) is 5.83. The lowest BCUT2D eigenvalue weighted by Gasteiger charge is -2.29. The van der Waals surface area contributed by atoms with Crippen LogP contribution in [0.3, 0.4) is 0 Å². The first-order valence-corrected chi connectivity index (χ1v) is 8.93. The van der Waals surface area contributed by atoms with E-state index in [1.54, 1.807) is 40.9 Å². The summed E-state index contributed by atoms with van der Waals surface area (Å²) in [7, 11) is 0. The van der Waals surface area contributed by atoms with E-state index in [9.17, 15) is 14.4 Å². The minimum atomic E-state index is -0.617. The zero-order chi connectivity index (χ0) is 17.6. The molecule has 2 fully saturated rings. The molecule has 2 aliphatic rings. The number of benzene rings is 1. The van der Waals surface area contributed by atoms with Crippen LogP contribution in [0.4, 0.5) is 0 Å². The van der Waals surface area contributed by atoms with Crippen molar-refractivity contribution in [3.63, 3.8) is 0 Å². The number of aromatic nitrogens is 3. The highest BCUT2D eigenvalue weighted by molar-refractivity contribution is 8.01. The van der Waals surface area contributed by atoms with Gasteiger partial charge in [0, 0.05) is 12.2 Å². The van der Waals surface area contributed by atoms with Crippen molar-refractivity contribution >= 4 is 34.5 Å². The van der Waals surface area contributed by atoms with E-state index in [0.717, 1.165) is 11.1 Å². The quantitative estimate of drug-likeness (QED) is 0.745. The number of ether oxygens (including phenoxy) is 1. The van der Waals surface area contributed by atoms with E-state index >= 15 is 0 Å². The van der Waals surface area contributed by atoms with E-state index in [1.165, 1.54) is 0 Å². The maximum absolute atomic E-state index is 12.4. The Labute approximate surface area is 147 Å². The first kappa shape index (κ1) is 16.1. The molecule has 0 aliphatic carbocycles. The van der Waals surface area contributed by atoms with Crippen molar-refractivity contribution in [3.05, 3.63) is 34.6 Å². The number of thioether (sulfide) groups is 1. The Kier molecular flexibility index (Phi) is 3.75. The third-order valence-corrected chi connectivity index (χ3v) is 6.18. The molecule has 3 heterocycles. The summed E-state index contributed by atoms with van der Waals surface area (Å²) >= 11 is 1.59. The summed E-state index contributed by atoms with van der Waals surface area (Å²) < 4.78 is 6.26. The van der Waals surface area contributed by atoms with Crippen molar-refractivity contribution in [2.24, 2.45) is 0 Å². The topological polar surface area (TPSA) is 94.4 Å². The average Bonchev–Trinajstić information content (AvgIpc) is 3.11. The fraction of sp³-hybridized carbons (Fsp3) is 0.438. The number of carbonyl (C=O) groups excluding carboxylic acids is 2. The van der Waals surface area contributed by atoms with Gasteiger partial charge in [-0.1, -0.05) is 17.3 Å². The molecule has 2 aliphatic heterocycles. The van der Waals surface area contributed by atoms with Crippen LogP contribution in [0.1, 0.15) is 19.8 Å². The van der Waals surface area contributed by atoms with E-state index in [1.807, 2.05) is 6.92 Å². The highest BCUT2D eigenvalue weighted by atomic mass is 32.2. The van der Waals surface area contributed by atoms with Crippen LogP contribution < -0.4 is 5.56 Å². The number of esters is 1. The number of nitrogens with zero attached hydrogens (tertiary/aromatic N) is 4. The summed E-state index contributed by atoms with van der Waals surface area (Å²) in [4.78, 5) is 38.1. The molecule has 0 saturated carbocycles. The van der Waals surface area contributed by atoms with Crippen LogP contribution in [-0.2, 0) is 21.1 Å². The maximum atomic E-state index is 12.4. The van der Waals surface area contributed by atoms with E-state index in [-0.39, 0.29) is 23.1 Å². The Morgan fingerprint density at radius 1 is 1.40 bits per heavy atom. The Bertz CT molecular complexity index is 930. The molecule has 2 atom stereocenters. The van der Waals surface area contributed by atoms with Crippen LogP contribution in [0.5, 0.6) is 0 Å². The number of rotatable bonds is 3. The molecule has 0 N–H and O–H groups in total. The van der Waals surface area contributed by atoms with Crippen LogP contribution >= 0.6 is 11.8 Å². The van der Waals surface area contributed by atoms with E-state index < -0.39 is 12.0 Å². The number of carbonyl (C=O) groups is 2. The standard InChI is InChI=1S/C16H16N4O4S/c1-16-7-6-13(21)20(16)12(8-25-16)15(23)24-9-19-14(22)10-4-2-3-5-11(10)17-18-19/h2-5,12H,6-9H2,1H3/t12-,16-/m0/s1. The highest BCUT2D eigenvalue weighted by Crippen LogP contribution is 2.47. The fourth-order valence-corrected chi connectivity index (χ4v) is 4.74. The van der Waals surface area contributed by atoms with Crippen LogP contribution in [0, 0.1) is 0 Å². The molecule has 25 heavy (non-hydrogen) atoms. The van der Waals surface area contributed by atoms with Gasteiger partial charge in [0.1, 0.15) is 11.6 Å². The summed E-state index contributed by atoms with van der Waals surface area (Å²) in [6.45, 7) is 1.64. The van der Waals surface area contributed by atoms with Gasteiger partial charge in [-0.05, 0) is 25.5 Å². The zero-order valence-corrected chi connectivity index (χ0v) is 14.4. The Hall–Kier alpha value is -2.42. The second-order valence-electron chi connectivity index (χ2n) is 6.27. The molecule has 8 nitrogen and oxygen atoms in total. The van der Waals surface area contributed by atoms with Gasteiger partial charge in [-0.15, -0.1) is 16.9 Å². The summed E-state index contributed by atoms with van der Waals surface area (Å²) in [6, 6.07) is 6.22. The van der Waals surface area contributed by atoms with Gasteiger partial charge in [0.2, 0.25) is 5.91 Å². The van der Waals surface area contributed by atoms with Crippen LogP contribution in [0.25, 0.3) is 10.9 Å². The first-order chi connectivity index (χ1) is 12.0. The summed E-state index contributed by atoms with van der Waals surface area (Å²) in [5.41, 5.74) is 0.113. The van der Waals surface area contributed by atoms with Crippen molar-refractivity contribution < 1.29 is 14.3 Å². The third-order valence-electron chi connectivity index (χ3n) is 4.68. The lowest BCUT2D eigenvalue weighted by molar-refractivity contribution is -0.157. The number of fused-ring (bicyclic) bond motifs is 2. The molecule has 0 unspecified atom stereocenters. The summed E-state index contributed by atoms with van der Waals surface area (Å²) in [6.07, 6.45) is 1.18. The first-order valence-electron chi connectivity index (χ1n) is 7.95. The average molecular weight is 360 g/mol. The normalized spacial score (nSPS) is 25.4. The van der Waals surface area contributed by atoms with E-state index in [2.05, 4.69) is 10.3 Å². The van der Waals surface area contributed by atoms with Gasteiger partial charge in [0.15, 0.2) is 6.73 Å². The summed E-state index contributed by atoms with van der Waals surface area (Å²) in [5.74, 6) is -0.0511. The van der Waals surface area contributed by atoms with Crippen LogP contribution in [0.15, 0.2) is 29.1 Å². The SMILES string of the molecule is C[C@]12CCC(=O)N1[C@H](C(=O)OCn1nnc3ccccc3c1=O)CS2. The predicted molar refractivity (Wildman–Crippen MR) is 90.6 cm³/mol. The van der Waals surface area contributed by atoms with Crippen LogP contribution in [0.2, 0.25) is 0 Å². The van der Waals surface area contributed by atoms with E-state index in [4.69, 9.17) is 4.74 Å². The van der Waals surface area contributed by atoms with Crippen molar-refractivity contribution in [1.82, 2.24) is 19.9 Å². The van der Waals surface area contributed by atoms with Gasteiger partial charge in [-0.25, -0.2) is 4.79 Å². The van der Waals surface area contributed by atoms with E-state index in [0.29, 0.717) is 23.1 Å². The molecular formula is C16H16N4O4S. The van der Waals surface area contributed by atoms with Crippen molar-refractivity contribution in [1.29, 1.82) is 0 Å². The third kappa shape index (κ3) is 2.58. The minimum Gasteiger partial charge on any atom is -0.441 e. The largest absolute Gasteiger partial charge is 0.441 e. The second-order valence-corrected chi connectivity index (χ2v) is 7.77. The minimum absolute atomic E-state index is 0.0305. The highest BCUT2D eigenvalue weighted by Gasteiger charge is 2.53. The lowest BCUT2D eigenvalue weighted by Crippen LogP contribution is -2.47. The predicted octanol–water partition coefficient (Wildman–Crippen LogP) is 0.746. The Morgan fingerprint density at radius 2 is 2.20 bits per heavy atom. The lowest BCUT2D eigenvalue weighted by atomic mass is 10.2. The maximum Gasteiger partial charge on any atom is 0.331 e. The molecule has 2 saturated heterocycles. The van der Waals surface area contributed by atoms with Gasteiger partial charge in [0.05, 0.1) is 10.3 Å². The molecular weight excluding hydrogens is 344 g/mol. The molecule has 1 aromatic heterocycles. The zero-order valence-electron chi connectivity index (χ0n) is 13.5. The molecule has 0 spiro atoms. The number of hydrogen-bond acceptors (Lipinski definition) is 7. The van der Waals surface area contributed by atoms with Crippen molar-refractivity contribution in [2.45, 2.75) is 37.4 Å². The Morgan fingerprint density at radius 3 is 3.04 bits per heavy atom. The van der Waals surface area contributed by atoms with Crippen LogP contribution in [-0.4, -0.2) is 48.4 Å². The molecule has 0 bridgehead atoms. The molecule has 0 radical (unpaired) electrons. The molecule has 130 valence electrons. The number of amides is 1. The van der Waals surface area contributed by atoms with Gasteiger partial charge in [-0.2, -0.15) is 4.68 Å². The van der Waals surface area contributed by atoms with Gasteiger partial charge in [-0.3, -0.25) is 9.59 Å².